The highest BCUT2D eigenvalue weighted by Gasteiger charge is 2.38. The number of carbonyl (C=O) groups is 1. The van der Waals surface area contributed by atoms with E-state index in [-0.39, 0.29) is 36.5 Å². The topological polar surface area (TPSA) is 44.8 Å². The van der Waals surface area contributed by atoms with Crippen LogP contribution in [0.25, 0.3) is 11.1 Å². The number of benzene rings is 2. The quantitative estimate of drug-likeness (QED) is 0.109. The first kappa shape index (κ1) is 29.4. The predicted octanol–water partition coefficient (Wildman–Crippen LogP) is 8.87. The summed E-state index contributed by atoms with van der Waals surface area (Å²) in [5.41, 5.74) is 0.338. The first-order valence-electron chi connectivity index (χ1n) is 12.3. The summed E-state index contributed by atoms with van der Waals surface area (Å²) in [5.74, 6) is -3.81. The second kappa shape index (κ2) is 14.7. The van der Waals surface area contributed by atoms with Crippen molar-refractivity contribution in [2.24, 2.45) is 5.92 Å². The molecule has 2 rings (SSSR count). The van der Waals surface area contributed by atoms with E-state index >= 15 is 0 Å². The van der Waals surface area contributed by atoms with Crippen LogP contribution < -0.4 is 9.47 Å². The van der Waals surface area contributed by atoms with E-state index in [1.165, 1.54) is 36.4 Å². The molecule has 36 heavy (non-hydrogen) atoms. The zero-order chi connectivity index (χ0) is 26.6. The number of hydrogen-bond acceptors (Lipinski definition) is 4. The third-order valence-corrected chi connectivity index (χ3v) is 5.72. The molecule has 0 N–H and O–H groups in total. The number of ether oxygens (including phenoxy) is 3. The van der Waals surface area contributed by atoms with E-state index in [0.29, 0.717) is 18.4 Å². The summed E-state index contributed by atoms with van der Waals surface area (Å²) in [6.07, 6.45) is -1.26. The van der Waals surface area contributed by atoms with Crippen LogP contribution in [0.5, 0.6) is 11.5 Å². The average Bonchev–Trinajstić information content (AvgIpc) is 2.83. The van der Waals surface area contributed by atoms with Crippen LogP contribution in [-0.2, 0) is 4.74 Å². The Morgan fingerprint density at radius 1 is 0.833 bits per heavy atom. The Hall–Kier alpha value is -2.84. The van der Waals surface area contributed by atoms with E-state index in [9.17, 15) is 26.7 Å². The molecule has 0 aliphatic carbocycles. The molecule has 2 aromatic rings. The normalized spacial score (nSPS) is 12.3. The maximum Gasteiger partial charge on any atom is 0.513 e. The van der Waals surface area contributed by atoms with Gasteiger partial charge in [-0.2, -0.15) is 17.6 Å². The summed E-state index contributed by atoms with van der Waals surface area (Å²) in [7, 11) is 0. The Morgan fingerprint density at radius 2 is 1.53 bits per heavy atom. The van der Waals surface area contributed by atoms with E-state index in [0.717, 1.165) is 25.7 Å². The highest BCUT2D eigenvalue weighted by Crippen LogP contribution is 2.33. The number of hydrogen-bond donors (Lipinski definition) is 0. The fourth-order valence-electron chi connectivity index (χ4n) is 3.59. The maximum absolute atomic E-state index is 14.5. The average molecular weight is 517 g/mol. The van der Waals surface area contributed by atoms with Gasteiger partial charge in [-0.05, 0) is 49.1 Å². The molecular weight excluding hydrogens is 483 g/mol. The minimum Gasteiger partial charge on any atom is -0.490 e. The van der Waals surface area contributed by atoms with Crippen molar-refractivity contribution in [1.82, 2.24) is 0 Å². The van der Waals surface area contributed by atoms with E-state index < -0.39 is 36.5 Å². The van der Waals surface area contributed by atoms with Crippen molar-refractivity contribution >= 4 is 6.16 Å². The molecule has 0 bridgehead atoms. The Bertz CT molecular complexity index is 944. The molecule has 0 saturated heterocycles. The van der Waals surface area contributed by atoms with Crippen LogP contribution in [0.15, 0.2) is 36.4 Å². The van der Waals surface area contributed by atoms with Gasteiger partial charge in [-0.1, -0.05) is 58.1 Å². The number of alkyl halides is 3. The number of unbranched alkanes of at least 4 members (excludes halogenated alkanes) is 4. The second-order valence-corrected chi connectivity index (χ2v) is 8.54. The van der Waals surface area contributed by atoms with Gasteiger partial charge in [0.1, 0.15) is 5.75 Å². The maximum atomic E-state index is 14.5. The van der Waals surface area contributed by atoms with E-state index in [1.54, 1.807) is 0 Å². The molecule has 0 aromatic heterocycles. The molecule has 0 aliphatic rings. The summed E-state index contributed by atoms with van der Waals surface area (Å²) in [5, 5.41) is 0. The van der Waals surface area contributed by atoms with Crippen molar-refractivity contribution in [2.45, 2.75) is 71.4 Å². The second-order valence-electron chi connectivity index (χ2n) is 8.54. The smallest absolute Gasteiger partial charge is 0.490 e. The van der Waals surface area contributed by atoms with Gasteiger partial charge in [-0.25, -0.2) is 9.18 Å². The highest BCUT2D eigenvalue weighted by atomic mass is 19.4. The van der Waals surface area contributed by atoms with Crippen LogP contribution in [0.4, 0.5) is 26.7 Å². The summed E-state index contributed by atoms with van der Waals surface area (Å²) in [6, 6.07) is 8.30. The molecule has 0 radical (unpaired) electrons. The number of rotatable bonds is 14. The van der Waals surface area contributed by atoms with Crippen molar-refractivity contribution in [2.75, 3.05) is 13.2 Å². The minimum atomic E-state index is -4.36. The lowest BCUT2D eigenvalue weighted by Gasteiger charge is -2.20. The van der Waals surface area contributed by atoms with E-state index in [2.05, 4.69) is 0 Å². The Labute approximate surface area is 208 Å². The van der Waals surface area contributed by atoms with Crippen LogP contribution in [0.3, 0.4) is 0 Å². The van der Waals surface area contributed by atoms with Gasteiger partial charge in [-0.15, -0.1) is 0 Å². The van der Waals surface area contributed by atoms with Gasteiger partial charge in [-0.3, -0.25) is 0 Å². The summed E-state index contributed by atoms with van der Waals surface area (Å²) in [6.45, 7) is 3.79. The third-order valence-electron chi connectivity index (χ3n) is 5.72. The molecule has 0 spiro atoms. The van der Waals surface area contributed by atoms with E-state index in [1.807, 2.05) is 13.8 Å². The van der Waals surface area contributed by atoms with Gasteiger partial charge >= 0.3 is 12.3 Å². The van der Waals surface area contributed by atoms with Gasteiger partial charge in [0.25, 0.3) is 0 Å². The van der Waals surface area contributed by atoms with Crippen LogP contribution in [-0.4, -0.2) is 25.5 Å². The molecule has 1 unspecified atom stereocenters. The summed E-state index contributed by atoms with van der Waals surface area (Å²) in [4.78, 5) is 11.9. The highest BCUT2D eigenvalue weighted by molar-refractivity contribution is 5.68. The van der Waals surface area contributed by atoms with Gasteiger partial charge < -0.3 is 14.2 Å². The standard InChI is InChI=1S/C27H33F5O4/c1-3-5-7-8-9-20(27(30,31)32)16-18-35-26(33)36-21-12-10-19(11-13-21)22-14-15-23(25(29)24(22)28)34-17-6-4-2/h10-15,20H,3-9,16-18H2,1-2H3. The minimum absolute atomic E-state index is 0.00148. The molecule has 0 heterocycles. The van der Waals surface area contributed by atoms with Crippen molar-refractivity contribution in [3.8, 4) is 22.6 Å². The predicted molar refractivity (Wildman–Crippen MR) is 127 cm³/mol. The van der Waals surface area contributed by atoms with Crippen molar-refractivity contribution in [1.29, 1.82) is 0 Å². The molecule has 9 heteroatoms. The van der Waals surface area contributed by atoms with Crippen LogP contribution in [0, 0.1) is 17.6 Å². The van der Waals surface area contributed by atoms with Crippen LogP contribution >= 0.6 is 0 Å². The molecule has 0 fully saturated rings. The fraction of sp³-hybridized carbons (Fsp3) is 0.519. The monoisotopic (exact) mass is 516 g/mol. The molecule has 4 nitrogen and oxygen atoms in total. The number of halogens is 5. The molecule has 200 valence electrons. The zero-order valence-corrected chi connectivity index (χ0v) is 20.6. The van der Waals surface area contributed by atoms with E-state index in [4.69, 9.17) is 14.2 Å². The van der Waals surface area contributed by atoms with Crippen LogP contribution in [0.2, 0.25) is 0 Å². The first-order chi connectivity index (χ1) is 17.2. The largest absolute Gasteiger partial charge is 0.513 e. The third kappa shape index (κ3) is 9.32. The summed E-state index contributed by atoms with van der Waals surface area (Å²) >= 11 is 0. The first-order valence-corrected chi connectivity index (χ1v) is 12.3. The molecule has 0 amide bonds. The van der Waals surface area contributed by atoms with Gasteiger partial charge in [0, 0.05) is 5.56 Å². The SMILES string of the molecule is CCCCCCC(CCOC(=O)Oc1ccc(-c2ccc(OCCCC)c(F)c2F)cc1)C(F)(F)F. The molecule has 0 saturated carbocycles. The lowest BCUT2D eigenvalue weighted by molar-refractivity contribution is -0.180. The van der Waals surface area contributed by atoms with Gasteiger partial charge in [0.05, 0.1) is 19.1 Å². The Balaban J connectivity index is 1.89. The zero-order valence-electron chi connectivity index (χ0n) is 20.6. The molecule has 2 aromatic carbocycles. The molecule has 1 atom stereocenters. The van der Waals surface area contributed by atoms with Crippen LogP contribution in [0.1, 0.15) is 65.2 Å². The summed E-state index contributed by atoms with van der Waals surface area (Å²) < 4.78 is 83.5. The molecular formula is C27H33F5O4. The van der Waals surface area contributed by atoms with Crippen molar-refractivity contribution < 1.29 is 41.0 Å². The molecule has 0 aliphatic heterocycles. The fourth-order valence-corrected chi connectivity index (χ4v) is 3.59. The van der Waals surface area contributed by atoms with Crippen molar-refractivity contribution in [3.05, 3.63) is 48.0 Å². The van der Waals surface area contributed by atoms with Gasteiger partial charge in [0.2, 0.25) is 5.82 Å². The van der Waals surface area contributed by atoms with Gasteiger partial charge in [0.15, 0.2) is 11.6 Å². The lowest BCUT2D eigenvalue weighted by Crippen LogP contribution is -2.25. The number of carbonyl (C=O) groups excluding carboxylic acids is 1. The lowest BCUT2D eigenvalue weighted by atomic mass is 9.97. The van der Waals surface area contributed by atoms with Crippen molar-refractivity contribution in [3.63, 3.8) is 0 Å². The Kier molecular flexibility index (Phi) is 12.0. The Morgan fingerprint density at radius 3 is 2.17 bits per heavy atom.